The maximum absolute atomic E-state index is 11.9. The van der Waals surface area contributed by atoms with E-state index < -0.39 is 29.3 Å². The van der Waals surface area contributed by atoms with E-state index in [0.717, 1.165) is 51.4 Å². The molecule has 39 heavy (non-hydrogen) atoms. The second kappa shape index (κ2) is 10.4. The summed E-state index contributed by atoms with van der Waals surface area (Å²) in [4.78, 5) is 11.9. The Morgan fingerprint density at radius 2 is 1.64 bits per heavy atom. The Kier molecular flexibility index (Phi) is 7.63. The van der Waals surface area contributed by atoms with E-state index in [1.54, 1.807) is 0 Å². The van der Waals surface area contributed by atoms with Gasteiger partial charge in [-0.25, -0.2) is 0 Å². The van der Waals surface area contributed by atoms with Gasteiger partial charge in [-0.05, 0) is 104 Å². The zero-order chi connectivity index (χ0) is 31.0. The first-order chi connectivity index (χ1) is 18.5. The van der Waals surface area contributed by atoms with Crippen molar-refractivity contribution in [1.82, 2.24) is 0 Å². The van der Waals surface area contributed by atoms with Crippen LogP contribution in [0.2, 0.25) is 36.3 Å². The van der Waals surface area contributed by atoms with Gasteiger partial charge < -0.3 is 13.6 Å². The number of allylic oxidation sites excluding steroid dienone is 1. The molecule has 0 aromatic carbocycles. The summed E-state index contributed by atoms with van der Waals surface area (Å²) in [5.74, 6) is 0.962. The summed E-state index contributed by atoms with van der Waals surface area (Å²) in [6.07, 6.45) is 8.57. The zero-order valence-corrected chi connectivity index (χ0v) is 29.3. The predicted octanol–water partition coefficient (Wildman–Crippen LogP) is 9.27. The Morgan fingerprint density at radius 3 is 2.23 bits per heavy atom. The van der Waals surface area contributed by atoms with Crippen molar-refractivity contribution in [3.63, 3.8) is 0 Å². The number of hydrogen-bond donors (Lipinski definition) is 0. The number of carbonyl (C=O) groups is 1. The highest BCUT2D eigenvalue weighted by atomic mass is 28.4. The van der Waals surface area contributed by atoms with E-state index >= 15 is 0 Å². The van der Waals surface area contributed by atoms with Crippen LogP contribution in [-0.4, -0.2) is 41.4 Å². The van der Waals surface area contributed by atoms with Crippen molar-refractivity contribution in [2.24, 2.45) is 28.6 Å². The molecule has 0 bridgehead atoms. The molecule has 0 heterocycles. The molecule has 0 radical (unpaired) electrons. The Bertz CT molecular complexity index is 1050. The number of hydrogen-bond acceptors (Lipinski definition) is 4. The van der Waals surface area contributed by atoms with Gasteiger partial charge in [0, 0.05) is 25.3 Å². The van der Waals surface area contributed by atoms with Gasteiger partial charge in [-0.1, -0.05) is 60.1 Å². The molecule has 4 nitrogen and oxygen atoms in total. The van der Waals surface area contributed by atoms with Gasteiger partial charge in [-0.15, -0.1) is 0 Å². The third kappa shape index (κ3) is 5.67. The average Bonchev–Trinajstić information content (AvgIpc) is 3.06. The second-order valence-corrected chi connectivity index (χ2v) is 26.1. The van der Waals surface area contributed by atoms with Crippen molar-refractivity contribution >= 4 is 22.6 Å². The highest BCUT2D eigenvalue weighted by Crippen LogP contribution is 2.66. The average molecular weight is 579 g/mol. The van der Waals surface area contributed by atoms with Crippen LogP contribution in [0, 0.1) is 28.6 Å². The first-order valence-electron chi connectivity index (χ1n) is 16.8. The molecule has 0 saturated heterocycles. The summed E-state index contributed by atoms with van der Waals surface area (Å²) in [7, 11) is -4.31. The summed E-state index contributed by atoms with van der Waals surface area (Å²) in [6, 6.07) is 0. The van der Waals surface area contributed by atoms with Crippen molar-refractivity contribution < 1.29 is 21.1 Å². The molecule has 4 aliphatic carbocycles. The third-order valence-electron chi connectivity index (χ3n) is 12.3. The monoisotopic (exact) mass is 578 g/mol. The summed E-state index contributed by atoms with van der Waals surface area (Å²) in [5.41, 5.74) is 0.749. The summed E-state index contributed by atoms with van der Waals surface area (Å²) >= 11 is 0. The number of ether oxygens (including phenoxy) is 1. The molecular weight excluding hydrogens is 517 g/mol. The molecule has 6 heteroatoms. The van der Waals surface area contributed by atoms with Crippen molar-refractivity contribution in [3.05, 3.63) is 11.6 Å². The highest BCUT2D eigenvalue weighted by molar-refractivity contribution is 6.74. The quantitative estimate of drug-likeness (QED) is 0.179. The second-order valence-electron chi connectivity index (χ2n) is 16.6. The van der Waals surface area contributed by atoms with Crippen LogP contribution in [-0.2, 0) is 18.4 Å². The van der Waals surface area contributed by atoms with E-state index in [0.29, 0.717) is 17.8 Å². The van der Waals surface area contributed by atoms with Crippen LogP contribution in [0.4, 0.5) is 0 Å². The molecule has 8 atom stereocenters. The number of rotatable bonds is 6. The lowest BCUT2D eigenvalue weighted by molar-refractivity contribution is -0.149. The lowest BCUT2D eigenvalue weighted by atomic mass is 9.47. The van der Waals surface area contributed by atoms with Crippen molar-refractivity contribution in [2.75, 3.05) is 6.58 Å². The molecule has 3 fully saturated rings. The van der Waals surface area contributed by atoms with Gasteiger partial charge in [-0.2, -0.15) is 0 Å². The molecule has 0 aromatic heterocycles. The van der Waals surface area contributed by atoms with Crippen LogP contribution in [0.1, 0.15) is 109 Å². The lowest BCUT2D eigenvalue weighted by Gasteiger charge is -2.59. The molecule has 0 aromatic rings. The highest BCUT2D eigenvalue weighted by Gasteiger charge is 2.61. The van der Waals surface area contributed by atoms with Crippen LogP contribution in [0.3, 0.4) is 0 Å². The molecule has 0 amide bonds. The fourth-order valence-electron chi connectivity index (χ4n) is 7.72. The smallest absolute Gasteiger partial charge is 0.302 e. The van der Waals surface area contributed by atoms with E-state index in [4.69, 9.17) is 13.6 Å². The molecule has 0 N–H and O–H groups in total. The fraction of sp³-hybridized carbons (Fsp3) is 0.909. The molecule has 0 spiro atoms. The van der Waals surface area contributed by atoms with Gasteiger partial charge in [0.2, 0.25) is 0 Å². The van der Waals surface area contributed by atoms with Gasteiger partial charge in [0.25, 0.3) is 0 Å². The molecule has 0 unspecified atom stereocenters. The maximum Gasteiger partial charge on any atom is 0.302 e. The van der Waals surface area contributed by atoms with Gasteiger partial charge in [-0.3, -0.25) is 4.79 Å². The van der Waals surface area contributed by atoms with Crippen LogP contribution in [0.15, 0.2) is 11.6 Å². The Labute approximate surface area is 245 Å². The Morgan fingerprint density at radius 1 is 1.00 bits per heavy atom. The van der Waals surface area contributed by atoms with Gasteiger partial charge in [0.15, 0.2) is 16.6 Å². The van der Waals surface area contributed by atoms with Crippen molar-refractivity contribution in [1.29, 1.82) is 0 Å². The topological polar surface area (TPSA) is 44.8 Å². The molecule has 4 aliphatic rings. The van der Waals surface area contributed by atoms with Crippen LogP contribution >= 0.6 is 0 Å². The van der Waals surface area contributed by atoms with E-state index in [9.17, 15) is 7.54 Å². The van der Waals surface area contributed by atoms with E-state index in [1.165, 1.54) is 12.5 Å². The minimum Gasteiger partial charge on any atom is -0.462 e. The minimum atomic E-state index is -2.19. The molecule has 3 saturated carbocycles. The predicted molar refractivity (Wildman–Crippen MR) is 167 cm³/mol. The molecule has 0 aliphatic heterocycles. The van der Waals surface area contributed by atoms with Crippen LogP contribution in [0.5, 0.6) is 0 Å². The van der Waals surface area contributed by atoms with Crippen LogP contribution < -0.4 is 0 Å². The Balaban J connectivity index is 1.71. The van der Waals surface area contributed by atoms with E-state index in [-0.39, 0.29) is 33.0 Å². The maximum atomic E-state index is 11.9. The van der Waals surface area contributed by atoms with E-state index in [2.05, 4.69) is 80.7 Å². The van der Waals surface area contributed by atoms with Gasteiger partial charge in [0.05, 0.1) is 8.82 Å². The summed E-state index contributed by atoms with van der Waals surface area (Å²) < 4.78 is 39.3. The molecule has 4 rings (SSSR count). The number of carbonyl (C=O) groups excluding carboxylic acids is 1. The standard InChI is InChI=1S/C33H60O4Si2/c1-23(34)36-25-17-20-33(22-35-38(9,10)30(2,3)4)24(21-25)13-14-26-27-15-16-29(32(27,8)19-18-28(26)33)37-39(11,12)31(5,6)7/h13,25-29H,14-22H2,1-12H3/t25-,26-,27-,28-,29-,32-,33+/m0/s1/i22D,29D/t22-,25-,26-,27-,28-,29-,32-,33+. The van der Waals surface area contributed by atoms with Crippen molar-refractivity contribution in [2.45, 2.75) is 155 Å². The van der Waals surface area contributed by atoms with Crippen molar-refractivity contribution in [3.8, 4) is 0 Å². The lowest BCUT2D eigenvalue weighted by Crippen LogP contribution is -2.56. The Hall–Kier alpha value is -0.436. The SMILES string of the molecule is [2H][C@H](O[Si](C)(C)C(C)(C)C)[C@]12CC[C@H](OC(C)=O)CC1=CC[C@@H]1[C@@H]2CC[C@@]2(C)[C@H]1CC[C@]2([2H])O[Si](C)(C)C(C)(C)C. The summed E-state index contributed by atoms with van der Waals surface area (Å²) in [6.45, 7) is 25.9. The molecular formula is C33H60O4Si2. The minimum absolute atomic E-state index is 0.0261. The number of esters is 1. The van der Waals surface area contributed by atoms with E-state index in [1.807, 2.05) is 0 Å². The fourth-order valence-corrected chi connectivity index (χ4v) is 9.83. The van der Waals surface area contributed by atoms with Gasteiger partial charge in [0.1, 0.15) is 6.10 Å². The third-order valence-corrected chi connectivity index (χ3v) is 20.9. The van der Waals surface area contributed by atoms with Crippen LogP contribution in [0.25, 0.3) is 0 Å². The zero-order valence-electron chi connectivity index (χ0n) is 29.3. The first-order valence-corrected chi connectivity index (χ1v) is 21.5. The largest absolute Gasteiger partial charge is 0.462 e. The molecule has 224 valence electrons. The first kappa shape index (κ1) is 28.7. The number of fused-ring (bicyclic) bond motifs is 5. The normalized spacial score (nSPS) is 40.9. The van der Waals surface area contributed by atoms with Gasteiger partial charge >= 0.3 is 5.97 Å². The summed E-state index contributed by atoms with van der Waals surface area (Å²) in [5, 5.41) is 0.0949.